The third-order valence-electron chi connectivity index (χ3n) is 6.13. The number of halogens is 3. The number of nitrogens with zero attached hydrogens (tertiary/aromatic N) is 2. The van der Waals surface area contributed by atoms with Crippen LogP contribution >= 0.6 is 0 Å². The van der Waals surface area contributed by atoms with Crippen molar-refractivity contribution >= 4 is 29.4 Å². The standard InChI is InChI=1S/C25H32F3N3O7/c1-24(2,3)36-14-25-23(35)31(38-19(34)10-5-4-9-18(33)37-25)12-11-30(25)17(32)8-6-7-15-13-16(26)21(28)22(29)20(15)27/h13H,4-12,14,29H2,1-3H3/t25-/m1/s1. The molecular formula is C25H32F3N3O7. The lowest BCUT2D eigenvalue weighted by atomic mass is 10.0. The number of hydrogen-bond acceptors (Lipinski definition) is 8. The van der Waals surface area contributed by atoms with Gasteiger partial charge in [0.15, 0.2) is 17.5 Å². The zero-order valence-corrected chi connectivity index (χ0v) is 21.6. The molecule has 1 aromatic carbocycles. The number of fused-ring (bicyclic) bond motifs is 2. The Morgan fingerprint density at radius 2 is 1.74 bits per heavy atom. The van der Waals surface area contributed by atoms with E-state index in [1.54, 1.807) is 20.8 Å². The summed E-state index contributed by atoms with van der Waals surface area (Å²) in [5, 5.41) is 0.774. The molecule has 2 amide bonds. The van der Waals surface area contributed by atoms with Gasteiger partial charge in [0.2, 0.25) is 5.91 Å². The first-order valence-corrected chi connectivity index (χ1v) is 12.4. The van der Waals surface area contributed by atoms with Crippen molar-refractivity contribution in [2.24, 2.45) is 0 Å². The summed E-state index contributed by atoms with van der Waals surface area (Å²) in [6.07, 6.45) is 0.0983. The summed E-state index contributed by atoms with van der Waals surface area (Å²) >= 11 is 0. The van der Waals surface area contributed by atoms with Gasteiger partial charge in [0, 0.05) is 25.8 Å². The molecule has 210 valence electrons. The molecule has 0 saturated carbocycles. The second-order valence-electron chi connectivity index (χ2n) is 10.2. The molecule has 2 aliphatic heterocycles. The van der Waals surface area contributed by atoms with E-state index in [4.69, 9.17) is 20.0 Å². The minimum Gasteiger partial charge on any atom is -0.426 e. The molecule has 2 saturated heterocycles. The predicted molar refractivity (Wildman–Crippen MR) is 126 cm³/mol. The van der Waals surface area contributed by atoms with Crippen molar-refractivity contribution in [3.63, 3.8) is 0 Å². The fourth-order valence-electron chi connectivity index (χ4n) is 4.15. The molecule has 1 aromatic rings. The second-order valence-corrected chi connectivity index (χ2v) is 10.2. The molecule has 13 heteroatoms. The first-order valence-electron chi connectivity index (χ1n) is 12.4. The summed E-state index contributed by atoms with van der Waals surface area (Å²) in [7, 11) is 0. The third kappa shape index (κ3) is 6.55. The first kappa shape index (κ1) is 29.2. The molecule has 10 nitrogen and oxygen atoms in total. The van der Waals surface area contributed by atoms with E-state index >= 15 is 0 Å². The quantitative estimate of drug-likeness (QED) is 0.330. The van der Waals surface area contributed by atoms with Crippen LogP contribution in [0.4, 0.5) is 18.9 Å². The number of aryl methyl sites for hydroxylation is 1. The number of rotatable bonds is 6. The van der Waals surface area contributed by atoms with E-state index < -0.39 is 64.8 Å². The van der Waals surface area contributed by atoms with Gasteiger partial charge >= 0.3 is 17.8 Å². The molecule has 2 aliphatic rings. The molecule has 3 rings (SSSR count). The number of anilines is 1. The summed E-state index contributed by atoms with van der Waals surface area (Å²) in [6, 6.07) is 0.673. The lowest BCUT2D eigenvalue weighted by Gasteiger charge is -2.47. The first-order chi connectivity index (χ1) is 17.7. The Bertz CT molecular complexity index is 1110. The van der Waals surface area contributed by atoms with Crippen LogP contribution in [0.3, 0.4) is 0 Å². The zero-order chi connectivity index (χ0) is 28.3. The molecule has 0 spiro atoms. The van der Waals surface area contributed by atoms with Crippen LogP contribution in [0.2, 0.25) is 0 Å². The SMILES string of the molecule is CC(C)(C)OC[C@]12OC(=O)CCCCC(=O)ON(CCN1C(=O)CCCc1cc(F)c(F)c(N)c1F)C2=O. The molecule has 0 aliphatic carbocycles. The van der Waals surface area contributed by atoms with E-state index in [1.807, 2.05) is 0 Å². The minimum absolute atomic E-state index is 0.00372. The van der Waals surface area contributed by atoms with E-state index in [-0.39, 0.29) is 50.8 Å². The van der Waals surface area contributed by atoms with Gasteiger partial charge in [-0.15, -0.1) is 0 Å². The van der Waals surface area contributed by atoms with Crippen LogP contribution in [-0.4, -0.2) is 64.7 Å². The maximum absolute atomic E-state index is 14.3. The van der Waals surface area contributed by atoms with Crippen LogP contribution in [0, 0.1) is 17.5 Å². The van der Waals surface area contributed by atoms with Crippen LogP contribution < -0.4 is 5.73 Å². The molecule has 2 N–H and O–H groups in total. The Labute approximate surface area is 218 Å². The van der Waals surface area contributed by atoms with Gasteiger partial charge in [-0.1, -0.05) is 0 Å². The Kier molecular flexibility index (Phi) is 8.90. The average Bonchev–Trinajstić information content (AvgIpc) is 2.85. The molecule has 0 unspecified atom stereocenters. The smallest absolute Gasteiger partial charge is 0.332 e. The second kappa shape index (κ2) is 11.6. The Balaban J connectivity index is 1.88. The van der Waals surface area contributed by atoms with Crippen molar-refractivity contribution < 1.29 is 46.7 Å². The topological polar surface area (TPSA) is 128 Å². The molecular weight excluding hydrogens is 511 g/mol. The highest BCUT2D eigenvalue weighted by Gasteiger charge is 2.57. The van der Waals surface area contributed by atoms with Gasteiger partial charge in [0.25, 0.3) is 5.72 Å². The molecule has 38 heavy (non-hydrogen) atoms. The van der Waals surface area contributed by atoms with Gasteiger partial charge in [-0.2, -0.15) is 5.06 Å². The summed E-state index contributed by atoms with van der Waals surface area (Å²) in [6.45, 7) is 4.24. The highest BCUT2D eigenvalue weighted by Crippen LogP contribution is 2.31. The monoisotopic (exact) mass is 543 g/mol. The number of amides is 2. The van der Waals surface area contributed by atoms with Gasteiger partial charge < -0.3 is 20.0 Å². The number of nitrogens with two attached hydrogens (primary N) is 1. The van der Waals surface area contributed by atoms with Crippen molar-refractivity contribution in [2.75, 3.05) is 25.4 Å². The Morgan fingerprint density at radius 3 is 2.39 bits per heavy atom. The van der Waals surface area contributed by atoms with Crippen molar-refractivity contribution in [2.45, 2.75) is 77.0 Å². The van der Waals surface area contributed by atoms with E-state index in [9.17, 15) is 32.3 Å². The fourth-order valence-corrected chi connectivity index (χ4v) is 4.15. The Hall–Kier alpha value is -3.35. The lowest BCUT2D eigenvalue weighted by Crippen LogP contribution is -2.71. The van der Waals surface area contributed by atoms with Crippen molar-refractivity contribution in [1.29, 1.82) is 0 Å². The number of carbonyl (C=O) groups excluding carboxylic acids is 4. The molecule has 1 atom stereocenters. The van der Waals surface area contributed by atoms with E-state index in [2.05, 4.69) is 0 Å². The Morgan fingerprint density at radius 1 is 1.08 bits per heavy atom. The van der Waals surface area contributed by atoms with Crippen LogP contribution in [0.1, 0.15) is 64.9 Å². The minimum atomic E-state index is -2.25. The molecule has 0 radical (unpaired) electrons. The largest absolute Gasteiger partial charge is 0.426 e. The molecule has 2 bridgehead atoms. The van der Waals surface area contributed by atoms with Gasteiger partial charge in [-0.05, 0) is 58.1 Å². The van der Waals surface area contributed by atoms with Crippen molar-refractivity contribution in [3.05, 3.63) is 29.1 Å². The summed E-state index contributed by atoms with van der Waals surface area (Å²) in [4.78, 5) is 58.2. The fraction of sp³-hybridized carbons (Fsp3) is 0.600. The van der Waals surface area contributed by atoms with Crippen LogP contribution in [-0.2, 0) is 39.9 Å². The summed E-state index contributed by atoms with van der Waals surface area (Å²) in [5.74, 6) is -6.94. The van der Waals surface area contributed by atoms with Gasteiger partial charge in [-0.3, -0.25) is 19.3 Å². The van der Waals surface area contributed by atoms with Crippen LogP contribution in [0.25, 0.3) is 0 Å². The highest BCUT2D eigenvalue weighted by atomic mass is 19.2. The highest BCUT2D eigenvalue weighted by molar-refractivity contribution is 5.93. The van der Waals surface area contributed by atoms with E-state index in [0.717, 1.165) is 9.96 Å². The summed E-state index contributed by atoms with van der Waals surface area (Å²) in [5.41, 5.74) is 1.05. The zero-order valence-electron chi connectivity index (χ0n) is 21.6. The third-order valence-corrected chi connectivity index (χ3v) is 6.13. The predicted octanol–water partition coefficient (Wildman–Crippen LogP) is 2.77. The van der Waals surface area contributed by atoms with Gasteiger partial charge in [0.05, 0.1) is 12.1 Å². The van der Waals surface area contributed by atoms with Crippen LogP contribution in [0.5, 0.6) is 0 Å². The molecule has 0 aromatic heterocycles. The van der Waals surface area contributed by atoms with E-state index in [1.165, 1.54) is 0 Å². The van der Waals surface area contributed by atoms with Gasteiger partial charge in [0.1, 0.15) is 12.3 Å². The maximum atomic E-state index is 14.3. The number of hydrogen-bond donors (Lipinski definition) is 1. The molecule has 2 fully saturated rings. The number of ether oxygens (including phenoxy) is 2. The number of hydroxylamine groups is 2. The maximum Gasteiger partial charge on any atom is 0.332 e. The van der Waals surface area contributed by atoms with Gasteiger partial charge in [-0.25, -0.2) is 18.0 Å². The van der Waals surface area contributed by atoms with Crippen molar-refractivity contribution in [1.82, 2.24) is 9.96 Å². The number of carbonyl (C=O) groups is 4. The number of esters is 1. The number of piperazine rings is 1. The van der Waals surface area contributed by atoms with Crippen LogP contribution in [0.15, 0.2) is 6.07 Å². The number of benzene rings is 1. The number of nitrogen functional groups attached to an aromatic ring is 1. The average molecular weight is 544 g/mol. The summed E-state index contributed by atoms with van der Waals surface area (Å²) < 4.78 is 52.9. The van der Waals surface area contributed by atoms with E-state index in [0.29, 0.717) is 18.9 Å². The normalized spacial score (nSPS) is 21.1. The van der Waals surface area contributed by atoms with Crippen molar-refractivity contribution in [3.8, 4) is 0 Å². The lowest BCUT2D eigenvalue weighted by molar-refractivity contribution is -0.254. The molecule has 2 heterocycles.